The van der Waals surface area contributed by atoms with Gasteiger partial charge >= 0.3 is 12.0 Å². The molecule has 0 heterocycles. The highest BCUT2D eigenvalue weighted by Gasteiger charge is 2.20. The number of carbonyl (C=O) groups excluding carboxylic acids is 3. The smallest absolute Gasteiger partial charge is 0.339 e. The number of esters is 1. The van der Waals surface area contributed by atoms with Crippen LogP contribution in [0.3, 0.4) is 0 Å². The van der Waals surface area contributed by atoms with Crippen LogP contribution in [0.2, 0.25) is 0 Å². The fourth-order valence-electron chi connectivity index (χ4n) is 1.26. The first kappa shape index (κ1) is 14.5. The molecule has 102 valence electrons. The second-order valence-corrected chi connectivity index (χ2v) is 3.63. The van der Waals surface area contributed by atoms with Crippen LogP contribution in [0.5, 0.6) is 5.75 Å². The first-order chi connectivity index (χ1) is 8.93. The van der Waals surface area contributed by atoms with Gasteiger partial charge in [0.15, 0.2) is 6.10 Å². The number of ether oxygens (including phenoxy) is 2. The van der Waals surface area contributed by atoms with E-state index >= 15 is 0 Å². The third-order valence-corrected chi connectivity index (χ3v) is 2.20. The maximum atomic E-state index is 11.7. The number of rotatable bonds is 4. The predicted octanol–water partition coefficient (Wildman–Crippen LogP) is 0.435. The number of urea groups is 1. The van der Waals surface area contributed by atoms with E-state index < -0.39 is 24.0 Å². The van der Waals surface area contributed by atoms with Crippen LogP contribution in [-0.2, 0) is 9.53 Å². The number of primary amides is 1. The SMILES string of the molecule is COc1cccc(C(=O)O[C@@H](C)C(=O)NC(N)=O)c1. The minimum atomic E-state index is -1.13. The number of carbonyl (C=O) groups is 3. The van der Waals surface area contributed by atoms with Crippen molar-refractivity contribution in [1.82, 2.24) is 5.32 Å². The minimum Gasteiger partial charge on any atom is -0.497 e. The zero-order chi connectivity index (χ0) is 14.4. The predicted molar refractivity (Wildman–Crippen MR) is 65.6 cm³/mol. The number of amides is 3. The second kappa shape index (κ2) is 6.39. The van der Waals surface area contributed by atoms with Crippen LogP contribution in [-0.4, -0.2) is 31.1 Å². The first-order valence-corrected chi connectivity index (χ1v) is 5.39. The Hall–Kier alpha value is -2.57. The quantitative estimate of drug-likeness (QED) is 0.768. The van der Waals surface area contributed by atoms with Crippen molar-refractivity contribution in [2.45, 2.75) is 13.0 Å². The molecule has 0 spiro atoms. The summed E-state index contributed by atoms with van der Waals surface area (Å²) in [5, 5.41) is 1.82. The standard InChI is InChI=1S/C12H14N2O5/c1-7(10(15)14-12(13)17)19-11(16)8-4-3-5-9(6-8)18-2/h3-7H,1-2H3,(H3,13,14,15,17)/t7-/m0/s1. The molecule has 1 atom stereocenters. The topological polar surface area (TPSA) is 108 Å². The highest BCUT2D eigenvalue weighted by Crippen LogP contribution is 2.14. The zero-order valence-electron chi connectivity index (χ0n) is 10.5. The molecule has 0 aliphatic rings. The molecular weight excluding hydrogens is 252 g/mol. The van der Waals surface area contributed by atoms with E-state index in [4.69, 9.17) is 15.2 Å². The van der Waals surface area contributed by atoms with Gasteiger partial charge in [0.1, 0.15) is 5.75 Å². The van der Waals surface area contributed by atoms with E-state index in [1.165, 1.54) is 26.2 Å². The molecule has 1 rings (SSSR count). The maximum Gasteiger partial charge on any atom is 0.339 e. The van der Waals surface area contributed by atoms with Crippen molar-refractivity contribution in [2.24, 2.45) is 5.73 Å². The Morgan fingerprint density at radius 2 is 2.00 bits per heavy atom. The molecule has 1 aromatic carbocycles. The molecule has 7 heteroatoms. The number of hydrogen-bond acceptors (Lipinski definition) is 5. The van der Waals surface area contributed by atoms with Gasteiger partial charge in [-0.25, -0.2) is 9.59 Å². The largest absolute Gasteiger partial charge is 0.497 e. The maximum absolute atomic E-state index is 11.7. The summed E-state index contributed by atoms with van der Waals surface area (Å²) >= 11 is 0. The van der Waals surface area contributed by atoms with Crippen LogP contribution in [0, 0.1) is 0 Å². The normalized spacial score (nSPS) is 11.3. The molecule has 0 aliphatic carbocycles. The van der Waals surface area contributed by atoms with Gasteiger partial charge in [0.05, 0.1) is 12.7 Å². The number of nitrogens with two attached hydrogens (primary N) is 1. The lowest BCUT2D eigenvalue weighted by atomic mass is 10.2. The molecule has 3 N–H and O–H groups in total. The number of hydrogen-bond donors (Lipinski definition) is 2. The second-order valence-electron chi connectivity index (χ2n) is 3.63. The Kier molecular flexibility index (Phi) is 4.87. The average molecular weight is 266 g/mol. The Bertz CT molecular complexity index is 501. The Morgan fingerprint density at radius 1 is 1.32 bits per heavy atom. The van der Waals surface area contributed by atoms with Crippen molar-refractivity contribution in [3.63, 3.8) is 0 Å². The third-order valence-electron chi connectivity index (χ3n) is 2.20. The molecule has 0 saturated heterocycles. The molecule has 0 aliphatic heterocycles. The molecule has 0 unspecified atom stereocenters. The van der Waals surface area contributed by atoms with Gasteiger partial charge in [-0.3, -0.25) is 10.1 Å². The summed E-state index contributed by atoms with van der Waals surface area (Å²) in [6.07, 6.45) is -1.13. The fourth-order valence-corrected chi connectivity index (χ4v) is 1.26. The van der Waals surface area contributed by atoms with Crippen LogP contribution < -0.4 is 15.8 Å². The van der Waals surface area contributed by atoms with Crippen molar-refractivity contribution < 1.29 is 23.9 Å². The van der Waals surface area contributed by atoms with Gasteiger partial charge in [-0.15, -0.1) is 0 Å². The number of imide groups is 1. The molecule has 0 bridgehead atoms. The molecule has 1 aromatic rings. The first-order valence-electron chi connectivity index (χ1n) is 5.39. The van der Waals surface area contributed by atoms with E-state index in [2.05, 4.69) is 0 Å². The van der Waals surface area contributed by atoms with Crippen LogP contribution in [0.25, 0.3) is 0 Å². The fraction of sp³-hybridized carbons (Fsp3) is 0.250. The average Bonchev–Trinajstić information content (AvgIpc) is 2.37. The van der Waals surface area contributed by atoms with E-state index in [1.54, 1.807) is 12.1 Å². The van der Waals surface area contributed by atoms with Gasteiger partial charge in [0, 0.05) is 0 Å². The van der Waals surface area contributed by atoms with Crippen molar-refractivity contribution >= 4 is 17.9 Å². The lowest BCUT2D eigenvalue weighted by Crippen LogP contribution is -2.42. The molecule has 0 radical (unpaired) electrons. The molecule has 19 heavy (non-hydrogen) atoms. The summed E-state index contributed by atoms with van der Waals surface area (Å²) in [6.45, 7) is 1.33. The number of benzene rings is 1. The van der Waals surface area contributed by atoms with E-state index in [0.29, 0.717) is 5.75 Å². The Balaban J connectivity index is 2.68. The number of nitrogens with one attached hydrogen (secondary N) is 1. The highest BCUT2D eigenvalue weighted by molar-refractivity contribution is 5.98. The van der Waals surface area contributed by atoms with Gasteiger partial charge < -0.3 is 15.2 Å². The van der Waals surface area contributed by atoms with Crippen LogP contribution in [0.15, 0.2) is 24.3 Å². The van der Waals surface area contributed by atoms with E-state index in [1.807, 2.05) is 5.32 Å². The van der Waals surface area contributed by atoms with Crippen molar-refractivity contribution in [1.29, 1.82) is 0 Å². The van der Waals surface area contributed by atoms with Gasteiger partial charge in [0.2, 0.25) is 0 Å². The summed E-state index contributed by atoms with van der Waals surface area (Å²) < 4.78 is 9.85. The Morgan fingerprint density at radius 3 is 2.58 bits per heavy atom. The molecule has 0 fully saturated rings. The summed E-state index contributed by atoms with van der Waals surface area (Å²) in [5.74, 6) is -1.00. The Labute approximate surface area is 109 Å². The van der Waals surface area contributed by atoms with Crippen LogP contribution >= 0.6 is 0 Å². The van der Waals surface area contributed by atoms with Crippen molar-refractivity contribution in [3.05, 3.63) is 29.8 Å². The van der Waals surface area contributed by atoms with Gasteiger partial charge in [0.25, 0.3) is 5.91 Å². The van der Waals surface area contributed by atoms with Gasteiger partial charge in [-0.05, 0) is 25.1 Å². The lowest BCUT2D eigenvalue weighted by Gasteiger charge is -2.12. The van der Waals surface area contributed by atoms with E-state index in [-0.39, 0.29) is 5.56 Å². The van der Waals surface area contributed by atoms with E-state index in [9.17, 15) is 14.4 Å². The minimum absolute atomic E-state index is 0.234. The van der Waals surface area contributed by atoms with Crippen molar-refractivity contribution in [2.75, 3.05) is 7.11 Å². The number of methoxy groups -OCH3 is 1. The van der Waals surface area contributed by atoms with Gasteiger partial charge in [-0.2, -0.15) is 0 Å². The van der Waals surface area contributed by atoms with Crippen LogP contribution in [0.1, 0.15) is 17.3 Å². The van der Waals surface area contributed by atoms with Crippen molar-refractivity contribution in [3.8, 4) is 5.75 Å². The molecular formula is C12H14N2O5. The highest BCUT2D eigenvalue weighted by atomic mass is 16.5. The summed E-state index contributed by atoms with van der Waals surface area (Å²) in [4.78, 5) is 33.6. The van der Waals surface area contributed by atoms with E-state index in [0.717, 1.165) is 0 Å². The molecule has 0 saturated carbocycles. The third kappa shape index (κ3) is 4.30. The lowest BCUT2D eigenvalue weighted by molar-refractivity contribution is -0.127. The molecule has 7 nitrogen and oxygen atoms in total. The molecule has 3 amide bonds. The monoisotopic (exact) mass is 266 g/mol. The van der Waals surface area contributed by atoms with Crippen LogP contribution in [0.4, 0.5) is 4.79 Å². The molecule has 0 aromatic heterocycles. The summed E-state index contributed by atoms with van der Waals surface area (Å²) in [7, 11) is 1.47. The summed E-state index contributed by atoms with van der Waals surface area (Å²) in [6, 6.07) is 5.27. The zero-order valence-corrected chi connectivity index (χ0v) is 10.5. The van der Waals surface area contributed by atoms with Gasteiger partial charge in [-0.1, -0.05) is 6.07 Å². The summed E-state index contributed by atoms with van der Waals surface area (Å²) in [5.41, 5.74) is 5.02.